The van der Waals surface area contributed by atoms with E-state index >= 15 is 0 Å². The van der Waals surface area contributed by atoms with E-state index in [1.807, 2.05) is 0 Å². The third-order valence-electron chi connectivity index (χ3n) is 5.32. The summed E-state index contributed by atoms with van der Waals surface area (Å²) < 4.78 is 0. The molecule has 4 rings (SSSR count). The van der Waals surface area contributed by atoms with Gasteiger partial charge >= 0.3 is 0 Å². The molecule has 21 heavy (non-hydrogen) atoms. The fourth-order valence-corrected chi connectivity index (χ4v) is 4.16. The number of benzene rings is 1. The van der Waals surface area contributed by atoms with E-state index in [2.05, 4.69) is 45.7 Å². The maximum Gasteiger partial charge on any atom is 0.0456 e. The summed E-state index contributed by atoms with van der Waals surface area (Å²) in [7, 11) is 0. The fraction of sp³-hybridized carbons (Fsp3) is 0.556. The van der Waals surface area contributed by atoms with Crippen molar-refractivity contribution in [3.63, 3.8) is 0 Å². The zero-order valence-electron chi connectivity index (χ0n) is 12.6. The smallest absolute Gasteiger partial charge is 0.0456 e. The molecule has 2 atom stereocenters. The Morgan fingerprint density at radius 2 is 2.14 bits per heavy atom. The first-order chi connectivity index (χ1) is 10.4. The molecule has 0 radical (unpaired) electrons. The second kappa shape index (κ2) is 5.82. The molecule has 2 aliphatic heterocycles. The minimum Gasteiger partial charge on any atom is -0.361 e. The molecular weight excluding hydrogens is 258 g/mol. The summed E-state index contributed by atoms with van der Waals surface area (Å²) in [5.74, 6) is 0. The maximum absolute atomic E-state index is 3.80. The molecule has 0 spiro atoms. The Morgan fingerprint density at radius 3 is 3.14 bits per heavy atom. The van der Waals surface area contributed by atoms with Crippen molar-refractivity contribution >= 4 is 10.9 Å². The van der Waals surface area contributed by atoms with Crippen LogP contribution in [0.1, 0.15) is 31.2 Å². The lowest BCUT2D eigenvalue weighted by Gasteiger charge is -2.35. The van der Waals surface area contributed by atoms with Gasteiger partial charge in [-0.25, -0.2) is 0 Å². The number of para-hydroxylation sites is 1. The van der Waals surface area contributed by atoms with Crippen LogP contribution in [0.3, 0.4) is 0 Å². The van der Waals surface area contributed by atoms with Crippen LogP contribution in [0.15, 0.2) is 30.5 Å². The molecule has 3 heterocycles. The van der Waals surface area contributed by atoms with Crippen molar-refractivity contribution in [1.29, 1.82) is 0 Å². The monoisotopic (exact) mass is 283 g/mol. The Morgan fingerprint density at radius 1 is 1.19 bits per heavy atom. The van der Waals surface area contributed by atoms with Crippen LogP contribution in [-0.2, 0) is 6.42 Å². The van der Waals surface area contributed by atoms with Gasteiger partial charge in [0.1, 0.15) is 0 Å². The second-order valence-corrected chi connectivity index (χ2v) is 6.62. The molecule has 3 heteroatoms. The highest BCUT2D eigenvalue weighted by atomic mass is 15.2. The normalized spacial score (nSPS) is 26.3. The average Bonchev–Trinajstić information content (AvgIpc) is 3.14. The van der Waals surface area contributed by atoms with Crippen LogP contribution < -0.4 is 5.32 Å². The van der Waals surface area contributed by atoms with Gasteiger partial charge in [-0.2, -0.15) is 0 Å². The number of nitrogens with one attached hydrogen (secondary N) is 2. The minimum absolute atomic E-state index is 0.731. The number of rotatable bonds is 4. The van der Waals surface area contributed by atoms with E-state index < -0.39 is 0 Å². The van der Waals surface area contributed by atoms with Gasteiger partial charge in [0.15, 0.2) is 0 Å². The standard InChI is InChI=1S/C18H25N3/c1-2-6-18-17(5-1)14(13-20-18)7-9-19-15-8-11-21-10-3-4-16(21)12-15/h1-2,5-6,13,15-16,19-20H,3-4,7-12H2. The van der Waals surface area contributed by atoms with Gasteiger partial charge in [0.2, 0.25) is 0 Å². The number of aromatic nitrogens is 1. The molecule has 0 bridgehead atoms. The molecule has 0 saturated carbocycles. The Labute approximate surface area is 126 Å². The van der Waals surface area contributed by atoms with Gasteiger partial charge in [-0.1, -0.05) is 18.2 Å². The number of nitrogens with zero attached hydrogens (tertiary/aromatic N) is 1. The van der Waals surface area contributed by atoms with Gasteiger partial charge in [0.25, 0.3) is 0 Å². The summed E-state index contributed by atoms with van der Waals surface area (Å²) in [4.78, 5) is 6.06. The molecule has 3 nitrogen and oxygen atoms in total. The molecule has 2 unspecified atom stereocenters. The van der Waals surface area contributed by atoms with Gasteiger partial charge in [-0.05, 0) is 63.4 Å². The predicted octanol–water partition coefficient (Wildman–Crippen LogP) is 2.93. The fourth-order valence-electron chi connectivity index (χ4n) is 4.16. The first-order valence-corrected chi connectivity index (χ1v) is 8.42. The molecule has 2 fully saturated rings. The summed E-state index contributed by atoms with van der Waals surface area (Å²) >= 11 is 0. The number of fused-ring (bicyclic) bond motifs is 2. The van der Waals surface area contributed by atoms with E-state index in [9.17, 15) is 0 Å². The lowest BCUT2D eigenvalue weighted by molar-refractivity contribution is 0.167. The van der Waals surface area contributed by atoms with Crippen molar-refractivity contribution in [2.75, 3.05) is 19.6 Å². The average molecular weight is 283 g/mol. The molecule has 2 aliphatic rings. The van der Waals surface area contributed by atoms with E-state index in [-0.39, 0.29) is 0 Å². The molecule has 1 aromatic heterocycles. The first kappa shape index (κ1) is 13.4. The summed E-state index contributed by atoms with van der Waals surface area (Å²) in [6.45, 7) is 3.74. The SMILES string of the molecule is c1ccc2c(CCNC3CCN4CCCC4C3)c[nH]c2c1. The van der Waals surface area contributed by atoms with Crippen molar-refractivity contribution in [3.05, 3.63) is 36.0 Å². The molecule has 2 saturated heterocycles. The highest BCUT2D eigenvalue weighted by Gasteiger charge is 2.31. The van der Waals surface area contributed by atoms with Crippen LogP contribution in [0.2, 0.25) is 0 Å². The Balaban J connectivity index is 1.31. The van der Waals surface area contributed by atoms with E-state index in [1.165, 1.54) is 55.2 Å². The largest absolute Gasteiger partial charge is 0.361 e. The Bertz CT molecular complexity index is 603. The van der Waals surface area contributed by atoms with E-state index in [0.717, 1.165) is 25.0 Å². The van der Waals surface area contributed by atoms with Crippen LogP contribution >= 0.6 is 0 Å². The van der Waals surface area contributed by atoms with Crippen LogP contribution in [0, 0.1) is 0 Å². The summed E-state index contributed by atoms with van der Waals surface area (Å²) in [6.07, 6.45) is 8.80. The molecule has 112 valence electrons. The third-order valence-corrected chi connectivity index (χ3v) is 5.32. The van der Waals surface area contributed by atoms with Gasteiger partial charge in [0, 0.05) is 29.2 Å². The molecular formula is C18H25N3. The van der Waals surface area contributed by atoms with E-state index in [4.69, 9.17) is 0 Å². The van der Waals surface area contributed by atoms with Crippen molar-refractivity contribution in [3.8, 4) is 0 Å². The highest BCUT2D eigenvalue weighted by Crippen LogP contribution is 2.26. The summed E-state index contributed by atoms with van der Waals surface area (Å²) in [5, 5.41) is 5.18. The number of H-pyrrole nitrogens is 1. The Hall–Kier alpha value is -1.32. The van der Waals surface area contributed by atoms with Crippen molar-refractivity contribution in [1.82, 2.24) is 15.2 Å². The van der Waals surface area contributed by atoms with Crippen molar-refractivity contribution in [2.24, 2.45) is 0 Å². The quantitative estimate of drug-likeness (QED) is 0.904. The number of hydrogen-bond donors (Lipinski definition) is 2. The third kappa shape index (κ3) is 2.72. The van der Waals surface area contributed by atoms with Crippen molar-refractivity contribution in [2.45, 2.75) is 44.2 Å². The van der Waals surface area contributed by atoms with Crippen LogP contribution in [0.5, 0.6) is 0 Å². The van der Waals surface area contributed by atoms with Gasteiger partial charge < -0.3 is 15.2 Å². The summed E-state index contributed by atoms with van der Waals surface area (Å²) in [6, 6.07) is 10.2. The zero-order valence-corrected chi connectivity index (χ0v) is 12.6. The van der Waals surface area contributed by atoms with Crippen LogP contribution in [0.4, 0.5) is 0 Å². The second-order valence-electron chi connectivity index (χ2n) is 6.62. The van der Waals surface area contributed by atoms with E-state index in [1.54, 1.807) is 0 Å². The zero-order chi connectivity index (χ0) is 14.1. The number of hydrogen-bond acceptors (Lipinski definition) is 2. The Kier molecular flexibility index (Phi) is 3.70. The van der Waals surface area contributed by atoms with E-state index in [0.29, 0.717) is 0 Å². The van der Waals surface area contributed by atoms with Gasteiger partial charge in [0.05, 0.1) is 0 Å². The molecule has 2 aromatic rings. The van der Waals surface area contributed by atoms with Crippen molar-refractivity contribution < 1.29 is 0 Å². The topological polar surface area (TPSA) is 31.1 Å². The first-order valence-electron chi connectivity index (χ1n) is 8.42. The summed E-state index contributed by atoms with van der Waals surface area (Å²) in [5.41, 5.74) is 2.70. The maximum atomic E-state index is 3.80. The van der Waals surface area contributed by atoms with Crippen LogP contribution in [0.25, 0.3) is 10.9 Å². The minimum atomic E-state index is 0.731. The van der Waals surface area contributed by atoms with Gasteiger partial charge in [-0.3, -0.25) is 0 Å². The highest BCUT2D eigenvalue weighted by molar-refractivity contribution is 5.83. The molecule has 1 aromatic carbocycles. The lowest BCUT2D eigenvalue weighted by Crippen LogP contribution is -2.46. The predicted molar refractivity (Wildman–Crippen MR) is 87.6 cm³/mol. The number of aromatic amines is 1. The molecule has 0 aliphatic carbocycles. The van der Waals surface area contributed by atoms with Crippen LogP contribution in [-0.4, -0.2) is 41.6 Å². The molecule has 0 amide bonds. The molecule has 2 N–H and O–H groups in total. The lowest BCUT2D eigenvalue weighted by atomic mass is 9.97. The van der Waals surface area contributed by atoms with Gasteiger partial charge in [-0.15, -0.1) is 0 Å². The number of piperidine rings is 1.